The van der Waals surface area contributed by atoms with E-state index >= 15 is 0 Å². The Morgan fingerprint density at radius 2 is 2.25 bits per heavy atom. The first-order chi connectivity index (χ1) is 9.54. The number of amides is 1. The number of pyridine rings is 1. The molecular weight excluding hydrogens is 256 g/mol. The van der Waals surface area contributed by atoms with Crippen LogP contribution >= 0.6 is 0 Å². The minimum atomic E-state index is -0.503. The number of ether oxygens (including phenoxy) is 1. The molecule has 2 rings (SSSR count). The molecule has 0 saturated heterocycles. The highest BCUT2D eigenvalue weighted by Gasteiger charge is 2.31. The highest BCUT2D eigenvalue weighted by molar-refractivity contribution is 5.79. The first-order valence-corrected chi connectivity index (χ1v) is 6.99. The van der Waals surface area contributed by atoms with E-state index in [-0.39, 0.29) is 11.8 Å². The molecule has 1 aromatic rings. The molecule has 0 radical (unpaired) electrons. The van der Waals surface area contributed by atoms with Crippen LogP contribution in [0.2, 0.25) is 0 Å². The fourth-order valence-electron chi connectivity index (χ4n) is 2.80. The number of methoxy groups -OCH3 is 1. The van der Waals surface area contributed by atoms with Crippen molar-refractivity contribution in [1.82, 2.24) is 10.3 Å². The molecule has 1 aliphatic carbocycles. The lowest BCUT2D eigenvalue weighted by atomic mass is 10.1. The van der Waals surface area contributed by atoms with Gasteiger partial charge < -0.3 is 15.2 Å². The second kappa shape index (κ2) is 6.22. The molecule has 2 N–H and O–H groups in total. The van der Waals surface area contributed by atoms with Crippen molar-refractivity contribution in [2.75, 3.05) is 7.11 Å². The lowest BCUT2D eigenvalue weighted by Crippen LogP contribution is -2.34. The molecule has 2 unspecified atom stereocenters. The molecule has 5 nitrogen and oxygen atoms in total. The predicted octanol–water partition coefficient (Wildman–Crippen LogP) is 1.48. The van der Waals surface area contributed by atoms with Crippen LogP contribution in [-0.2, 0) is 11.3 Å². The summed E-state index contributed by atoms with van der Waals surface area (Å²) in [5.41, 5.74) is 2.72. The van der Waals surface area contributed by atoms with E-state index in [1.165, 1.54) is 0 Å². The molecule has 5 heteroatoms. The quantitative estimate of drug-likeness (QED) is 0.875. The van der Waals surface area contributed by atoms with E-state index in [0.29, 0.717) is 13.0 Å². The number of carbonyl (C=O) groups is 1. The molecule has 110 valence electrons. The summed E-state index contributed by atoms with van der Waals surface area (Å²) in [4.78, 5) is 16.4. The van der Waals surface area contributed by atoms with Gasteiger partial charge in [0.2, 0.25) is 5.91 Å². The zero-order valence-corrected chi connectivity index (χ0v) is 12.3. The lowest BCUT2D eigenvalue weighted by Gasteiger charge is -2.16. The maximum absolute atomic E-state index is 12.0. The summed E-state index contributed by atoms with van der Waals surface area (Å²) in [5.74, 6) is 0.448. The fourth-order valence-corrected chi connectivity index (χ4v) is 2.80. The zero-order chi connectivity index (χ0) is 14.7. The Kier molecular flexibility index (Phi) is 4.60. The first-order valence-electron chi connectivity index (χ1n) is 6.99. The predicted molar refractivity (Wildman–Crippen MR) is 75.5 cm³/mol. The van der Waals surface area contributed by atoms with Gasteiger partial charge >= 0.3 is 0 Å². The average Bonchev–Trinajstić information content (AvgIpc) is 2.84. The molecular formula is C15H22N2O3. The third-order valence-corrected chi connectivity index (χ3v) is 4.00. The van der Waals surface area contributed by atoms with Gasteiger partial charge in [-0.2, -0.15) is 0 Å². The molecule has 0 aromatic carbocycles. The van der Waals surface area contributed by atoms with Crippen LogP contribution in [0, 0.1) is 19.8 Å². The Labute approximate surface area is 119 Å². The molecule has 1 heterocycles. The van der Waals surface area contributed by atoms with Crippen molar-refractivity contribution in [3.05, 3.63) is 23.0 Å². The number of nitrogens with zero attached hydrogens (tertiary/aromatic N) is 1. The average molecular weight is 278 g/mol. The van der Waals surface area contributed by atoms with Gasteiger partial charge in [-0.25, -0.2) is 0 Å². The fraction of sp³-hybridized carbons (Fsp3) is 0.600. The van der Waals surface area contributed by atoms with Crippen molar-refractivity contribution in [2.24, 2.45) is 5.92 Å². The van der Waals surface area contributed by atoms with Gasteiger partial charge in [-0.1, -0.05) is 0 Å². The van der Waals surface area contributed by atoms with Crippen LogP contribution in [0.3, 0.4) is 0 Å². The Morgan fingerprint density at radius 3 is 2.85 bits per heavy atom. The molecule has 1 aromatic heterocycles. The number of hydrogen-bond donors (Lipinski definition) is 2. The van der Waals surface area contributed by atoms with Crippen LogP contribution in [0.4, 0.5) is 0 Å². The Bertz CT molecular complexity index is 502. The van der Waals surface area contributed by atoms with Gasteiger partial charge in [0.05, 0.1) is 31.4 Å². The standard InChI is InChI=1S/C15H22N2O3/c1-9-7-16-12(10(2)14(9)20-3)8-17-15(19)11-5-4-6-13(11)18/h7,11,13,18H,4-6,8H2,1-3H3,(H,17,19). The van der Waals surface area contributed by atoms with Gasteiger partial charge in [-0.3, -0.25) is 9.78 Å². The Hall–Kier alpha value is -1.62. The van der Waals surface area contributed by atoms with Crippen molar-refractivity contribution >= 4 is 5.91 Å². The molecule has 0 bridgehead atoms. The Morgan fingerprint density at radius 1 is 1.50 bits per heavy atom. The van der Waals surface area contributed by atoms with Gasteiger partial charge in [0.15, 0.2) is 0 Å². The highest BCUT2D eigenvalue weighted by atomic mass is 16.5. The molecule has 1 aliphatic rings. The number of hydrogen-bond acceptors (Lipinski definition) is 4. The summed E-state index contributed by atoms with van der Waals surface area (Å²) >= 11 is 0. The topological polar surface area (TPSA) is 71.5 Å². The second-order valence-corrected chi connectivity index (χ2v) is 5.37. The van der Waals surface area contributed by atoms with E-state index in [9.17, 15) is 9.90 Å². The minimum absolute atomic E-state index is 0.0873. The highest BCUT2D eigenvalue weighted by Crippen LogP contribution is 2.26. The molecule has 2 atom stereocenters. The number of aliphatic hydroxyl groups is 1. The summed E-state index contributed by atoms with van der Waals surface area (Å²) in [7, 11) is 1.63. The number of aliphatic hydroxyl groups excluding tert-OH is 1. The first kappa shape index (κ1) is 14.8. The van der Waals surface area contributed by atoms with Gasteiger partial charge in [-0.15, -0.1) is 0 Å². The molecule has 1 saturated carbocycles. The molecule has 20 heavy (non-hydrogen) atoms. The van der Waals surface area contributed by atoms with E-state index in [4.69, 9.17) is 4.74 Å². The van der Waals surface area contributed by atoms with Gasteiger partial charge in [0.1, 0.15) is 5.75 Å². The van der Waals surface area contributed by atoms with Gasteiger partial charge in [-0.05, 0) is 33.1 Å². The number of aryl methyl sites for hydroxylation is 1. The van der Waals surface area contributed by atoms with Crippen molar-refractivity contribution in [3.63, 3.8) is 0 Å². The van der Waals surface area contributed by atoms with Crippen molar-refractivity contribution in [1.29, 1.82) is 0 Å². The summed E-state index contributed by atoms with van der Waals surface area (Å²) in [5, 5.41) is 12.6. The van der Waals surface area contributed by atoms with Crippen molar-refractivity contribution in [2.45, 2.75) is 45.8 Å². The van der Waals surface area contributed by atoms with Crippen molar-refractivity contribution < 1.29 is 14.6 Å². The molecule has 1 amide bonds. The monoisotopic (exact) mass is 278 g/mol. The van der Waals surface area contributed by atoms with Crippen LogP contribution in [0.25, 0.3) is 0 Å². The normalized spacial score (nSPS) is 21.8. The van der Waals surface area contributed by atoms with Crippen molar-refractivity contribution in [3.8, 4) is 5.75 Å². The molecule has 1 fully saturated rings. The SMILES string of the molecule is COc1c(C)cnc(CNC(=O)C2CCCC2O)c1C. The van der Waals surface area contributed by atoms with E-state index in [1.54, 1.807) is 13.3 Å². The second-order valence-electron chi connectivity index (χ2n) is 5.37. The lowest BCUT2D eigenvalue weighted by molar-refractivity contribution is -0.127. The number of carbonyl (C=O) groups excluding carboxylic acids is 1. The molecule has 0 aliphatic heterocycles. The maximum atomic E-state index is 12.0. The summed E-state index contributed by atoms with van der Waals surface area (Å²) in [6.45, 7) is 4.24. The minimum Gasteiger partial charge on any atom is -0.496 e. The summed E-state index contributed by atoms with van der Waals surface area (Å²) < 4.78 is 5.35. The Balaban J connectivity index is 2.02. The van der Waals surface area contributed by atoms with Crippen LogP contribution in [0.5, 0.6) is 5.75 Å². The summed E-state index contributed by atoms with van der Waals surface area (Å²) in [6, 6.07) is 0. The van der Waals surface area contributed by atoms with E-state index in [0.717, 1.165) is 35.4 Å². The largest absolute Gasteiger partial charge is 0.496 e. The van der Waals surface area contributed by atoms with Crippen LogP contribution in [-0.4, -0.2) is 29.2 Å². The number of rotatable bonds is 4. The van der Waals surface area contributed by atoms with Crippen LogP contribution in [0.15, 0.2) is 6.20 Å². The maximum Gasteiger partial charge on any atom is 0.226 e. The van der Waals surface area contributed by atoms with E-state index < -0.39 is 6.10 Å². The van der Waals surface area contributed by atoms with E-state index in [1.807, 2.05) is 13.8 Å². The summed E-state index contributed by atoms with van der Waals surface area (Å²) in [6.07, 6.45) is 3.63. The van der Waals surface area contributed by atoms with Gasteiger partial charge in [0, 0.05) is 17.3 Å². The number of aromatic nitrogens is 1. The van der Waals surface area contributed by atoms with Crippen LogP contribution < -0.4 is 10.1 Å². The molecule has 0 spiro atoms. The van der Waals surface area contributed by atoms with Gasteiger partial charge in [0.25, 0.3) is 0 Å². The third-order valence-electron chi connectivity index (χ3n) is 4.00. The third kappa shape index (κ3) is 2.93. The smallest absolute Gasteiger partial charge is 0.226 e. The zero-order valence-electron chi connectivity index (χ0n) is 12.3. The van der Waals surface area contributed by atoms with Crippen LogP contribution in [0.1, 0.15) is 36.1 Å². The van der Waals surface area contributed by atoms with E-state index in [2.05, 4.69) is 10.3 Å². The number of nitrogens with one attached hydrogen (secondary N) is 1.